The van der Waals surface area contributed by atoms with Gasteiger partial charge in [-0.1, -0.05) is 19.9 Å². The van der Waals surface area contributed by atoms with Crippen molar-refractivity contribution in [2.45, 2.75) is 19.8 Å². The molecule has 2 rings (SSSR count). The summed E-state index contributed by atoms with van der Waals surface area (Å²) in [5, 5.41) is 0. The smallest absolute Gasteiger partial charge is 0.182 e. The van der Waals surface area contributed by atoms with Crippen LogP contribution in [0.1, 0.15) is 25.3 Å². The van der Waals surface area contributed by atoms with Crippen LogP contribution in [0.4, 0.5) is 0 Å². The van der Waals surface area contributed by atoms with Crippen molar-refractivity contribution in [1.29, 1.82) is 0 Å². The summed E-state index contributed by atoms with van der Waals surface area (Å²) >= 11 is 3.36. The van der Waals surface area contributed by atoms with Crippen LogP contribution in [0, 0.1) is 0 Å². The Labute approximate surface area is 97.3 Å². The Hall–Kier alpha value is -1.16. The molecular weight excluding hydrogens is 254 g/mol. The Kier molecular flexibility index (Phi) is 2.86. The van der Waals surface area contributed by atoms with Gasteiger partial charge in [-0.15, -0.1) is 0 Å². The molecule has 0 aromatic carbocycles. The molecule has 0 amide bonds. The predicted octanol–water partition coefficient (Wildman–Crippen LogP) is 3.15. The summed E-state index contributed by atoms with van der Waals surface area (Å²) in [5.41, 5.74) is 1.25. The molecule has 0 saturated carbocycles. The van der Waals surface area contributed by atoms with E-state index in [9.17, 15) is 0 Å². The second kappa shape index (κ2) is 4.14. The standard InChI is InChI=1S/C11H12BrN3/c1-8(2)9-3-4-10(14-7-9)15-6-5-13-11(15)12/h3-8H,1-2H3. The average molecular weight is 266 g/mol. The molecule has 0 atom stereocenters. The number of aromatic nitrogens is 3. The summed E-state index contributed by atoms with van der Waals surface area (Å²) in [6.45, 7) is 4.31. The Balaban J connectivity index is 2.36. The van der Waals surface area contributed by atoms with Crippen LogP contribution < -0.4 is 0 Å². The summed E-state index contributed by atoms with van der Waals surface area (Å²) < 4.78 is 2.66. The SMILES string of the molecule is CC(C)c1ccc(-n2ccnc2Br)nc1. The first-order valence-corrected chi connectivity index (χ1v) is 5.63. The number of pyridine rings is 1. The molecule has 0 spiro atoms. The highest BCUT2D eigenvalue weighted by Crippen LogP contribution is 2.16. The van der Waals surface area contributed by atoms with Gasteiger partial charge in [-0.25, -0.2) is 9.97 Å². The van der Waals surface area contributed by atoms with Crippen LogP contribution in [0.25, 0.3) is 5.82 Å². The lowest BCUT2D eigenvalue weighted by atomic mass is 10.1. The molecule has 4 heteroatoms. The van der Waals surface area contributed by atoms with E-state index in [4.69, 9.17) is 0 Å². The Morgan fingerprint density at radius 1 is 1.27 bits per heavy atom. The normalized spacial score (nSPS) is 10.9. The fourth-order valence-corrected chi connectivity index (χ4v) is 1.76. The number of hydrogen-bond acceptors (Lipinski definition) is 2. The summed E-state index contributed by atoms with van der Waals surface area (Å²) in [6, 6.07) is 4.10. The van der Waals surface area contributed by atoms with Gasteiger partial charge < -0.3 is 0 Å². The van der Waals surface area contributed by atoms with Gasteiger partial charge in [-0.2, -0.15) is 0 Å². The van der Waals surface area contributed by atoms with E-state index in [1.54, 1.807) is 6.20 Å². The fourth-order valence-electron chi connectivity index (χ4n) is 1.34. The maximum atomic E-state index is 4.40. The second-order valence-corrected chi connectivity index (χ2v) is 4.38. The number of nitrogens with zero attached hydrogens (tertiary/aromatic N) is 3. The maximum absolute atomic E-state index is 4.40. The molecular formula is C11H12BrN3. The van der Waals surface area contributed by atoms with Gasteiger partial charge in [0.05, 0.1) is 0 Å². The first-order chi connectivity index (χ1) is 7.18. The average Bonchev–Trinajstić information content (AvgIpc) is 2.65. The van der Waals surface area contributed by atoms with E-state index < -0.39 is 0 Å². The van der Waals surface area contributed by atoms with Crippen LogP contribution in [0.2, 0.25) is 0 Å². The molecule has 15 heavy (non-hydrogen) atoms. The second-order valence-electron chi connectivity index (χ2n) is 3.67. The third-order valence-corrected chi connectivity index (χ3v) is 2.87. The number of rotatable bonds is 2. The zero-order valence-corrected chi connectivity index (χ0v) is 10.3. The van der Waals surface area contributed by atoms with Crippen LogP contribution >= 0.6 is 15.9 Å². The minimum Gasteiger partial charge on any atom is -0.278 e. The summed E-state index contributed by atoms with van der Waals surface area (Å²) in [5.74, 6) is 1.39. The third-order valence-electron chi connectivity index (χ3n) is 2.28. The van der Waals surface area contributed by atoms with E-state index in [0.29, 0.717) is 5.92 Å². The molecule has 0 N–H and O–H groups in total. The molecule has 78 valence electrons. The molecule has 2 heterocycles. The van der Waals surface area contributed by atoms with Crippen molar-refractivity contribution in [3.63, 3.8) is 0 Å². The van der Waals surface area contributed by atoms with Gasteiger partial charge in [-0.3, -0.25) is 4.57 Å². The monoisotopic (exact) mass is 265 g/mol. The maximum Gasteiger partial charge on any atom is 0.182 e. The lowest BCUT2D eigenvalue weighted by Crippen LogP contribution is -1.97. The topological polar surface area (TPSA) is 30.7 Å². The minimum absolute atomic E-state index is 0.512. The van der Waals surface area contributed by atoms with E-state index in [2.05, 4.69) is 45.8 Å². The number of halogens is 1. The zero-order valence-electron chi connectivity index (χ0n) is 8.68. The van der Waals surface area contributed by atoms with Crippen molar-refractivity contribution >= 4 is 15.9 Å². The molecule has 0 saturated heterocycles. The first kappa shape index (κ1) is 10.4. The van der Waals surface area contributed by atoms with E-state index in [1.807, 2.05) is 23.0 Å². The molecule has 2 aromatic rings. The predicted molar refractivity (Wildman–Crippen MR) is 63.1 cm³/mol. The molecule has 0 unspecified atom stereocenters. The molecule has 0 aliphatic carbocycles. The first-order valence-electron chi connectivity index (χ1n) is 4.83. The molecule has 0 fully saturated rings. The van der Waals surface area contributed by atoms with Crippen molar-refractivity contribution in [1.82, 2.24) is 14.5 Å². The fraction of sp³-hybridized carbons (Fsp3) is 0.273. The highest BCUT2D eigenvalue weighted by Gasteiger charge is 2.04. The van der Waals surface area contributed by atoms with Crippen LogP contribution in [0.3, 0.4) is 0 Å². The van der Waals surface area contributed by atoms with Crippen molar-refractivity contribution in [3.05, 3.63) is 41.0 Å². The lowest BCUT2D eigenvalue weighted by molar-refractivity contribution is 0.850. The van der Waals surface area contributed by atoms with Crippen molar-refractivity contribution in [2.75, 3.05) is 0 Å². The van der Waals surface area contributed by atoms with Crippen molar-refractivity contribution in [3.8, 4) is 5.82 Å². The van der Waals surface area contributed by atoms with Crippen LogP contribution in [0.15, 0.2) is 35.5 Å². The van der Waals surface area contributed by atoms with Crippen LogP contribution in [-0.2, 0) is 0 Å². The van der Waals surface area contributed by atoms with Crippen molar-refractivity contribution < 1.29 is 0 Å². The van der Waals surface area contributed by atoms with Gasteiger partial charge in [0.1, 0.15) is 5.82 Å². The molecule has 0 radical (unpaired) electrons. The van der Waals surface area contributed by atoms with E-state index in [1.165, 1.54) is 5.56 Å². The quantitative estimate of drug-likeness (QED) is 0.835. The van der Waals surface area contributed by atoms with Gasteiger partial charge in [0.2, 0.25) is 0 Å². The largest absolute Gasteiger partial charge is 0.278 e. The van der Waals surface area contributed by atoms with E-state index in [-0.39, 0.29) is 0 Å². The molecule has 0 aliphatic rings. The van der Waals surface area contributed by atoms with Crippen LogP contribution in [-0.4, -0.2) is 14.5 Å². The van der Waals surface area contributed by atoms with Gasteiger partial charge in [-0.05, 0) is 33.5 Å². The highest BCUT2D eigenvalue weighted by molar-refractivity contribution is 9.10. The summed E-state index contributed by atoms with van der Waals surface area (Å²) in [7, 11) is 0. The van der Waals surface area contributed by atoms with E-state index >= 15 is 0 Å². The number of hydrogen-bond donors (Lipinski definition) is 0. The lowest BCUT2D eigenvalue weighted by Gasteiger charge is -2.06. The molecule has 0 aliphatic heterocycles. The van der Waals surface area contributed by atoms with Gasteiger partial charge >= 0.3 is 0 Å². The van der Waals surface area contributed by atoms with Crippen molar-refractivity contribution in [2.24, 2.45) is 0 Å². The molecule has 0 bridgehead atoms. The third kappa shape index (κ3) is 2.09. The van der Waals surface area contributed by atoms with E-state index in [0.717, 1.165) is 10.6 Å². The van der Waals surface area contributed by atoms with Crippen LogP contribution in [0.5, 0.6) is 0 Å². The zero-order chi connectivity index (χ0) is 10.8. The Bertz CT molecular complexity index is 445. The Morgan fingerprint density at radius 2 is 2.07 bits per heavy atom. The van der Waals surface area contributed by atoms with Gasteiger partial charge in [0, 0.05) is 18.6 Å². The van der Waals surface area contributed by atoms with Gasteiger partial charge in [0.15, 0.2) is 4.73 Å². The molecule has 2 aromatic heterocycles. The number of imidazole rings is 1. The summed E-state index contributed by atoms with van der Waals surface area (Å²) in [4.78, 5) is 8.49. The van der Waals surface area contributed by atoms with Gasteiger partial charge in [0.25, 0.3) is 0 Å². The minimum atomic E-state index is 0.512. The molecule has 3 nitrogen and oxygen atoms in total. The highest BCUT2D eigenvalue weighted by atomic mass is 79.9. The summed E-state index contributed by atoms with van der Waals surface area (Å²) in [6.07, 6.45) is 5.52. The Morgan fingerprint density at radius 3 is 2.53 bits per heavy atom.